The zero-order chi connectivity index (χ0) is 17.3. The van der Waals surface area contributed by atoms with Crippen molar-refractivity contribution in [3.63, 3.8) is 0 Å². The first-order valence-corrected chi connectivity index (χ1v) is 8.03. The van der Waals surface area contributed by atoms with Crippen molar-refractivity contribution < 1.29 is 23.9 Å². The van der Waals surface area contributed by atoms with E-state index in [9.17, 15) is 18.8 Å². The molecular weight excluding hydrogens is 315 g/mol. The zero-order valence-corrected chi connectivity index (χ0v) is 13.1. The molecule has 6 nitrogen and oxygen atoms in total. The molecule has 24 heavy (non-hydrogen) atoms. The molecule has 1 aromatic carbocycles. The summed E-state index contributed by atoms with van der Waals surface area (Å²) in [6.45, 7) is 0.895. The maximum Gasteiger partial charge on any atom is 0.307 e. The molecule has 1 saturated carbocycles. The highest BCUT2D eigenvalue weighted by Crippen LogP contribution is 2.40. The predicted molar refractivity (Wildman–Crippen MR) is 83.6 cm³/mol. The van der Waals surface area contributed by atoms with E-state index >= 15 is 0 Å². The number of rotatable bonds is 4. The van der Waals surface area contributed by atoms with Gasteiger partial charge in [-0.1, -0.05) is 6.07 Å². The Morgan fingerprint density at radius 3 is 2.46 bits per heavy atom. The van der Waals surface area contributed by atoms with Crippen LogP contribution in [0.4, 0.5) is 10.1 Å². The van der Waals surface area contributed by atoms with Crippen LogP contribution in [0.5, 0.6) is 0 Å². The molecule has 128 valence electrons. The first-order chi connectivity index (χ1) is 11.5. The van der Waals surface area contributed by atoms with Crippen molar-refractivity contribution in [2.45, 2.75) is 19.3 Å². The average molecular weight is 334 g/mol. The number of hydrogen-bond donors (Lipinski definition) is 2. The predicted octanol–water partition coefficient (Wildman–Crippen LogP) is 1.72. The molecule has 0 aromatic heterocycles. The number of halogens is 1. The highest BCUT2D eigenvalue weighted by Gasteiger charge is 2.50. The van der Waals surface area contributed by atoms with Crippen molar-refractivity contribution >= 4 is 23.5 Å². The zero-order valence-electron chi connectivity index (χ0n) is 13.1. The average Bonchev–Trinajstić information content (AvgIpc) is 3.35. The summed E-state index contributed by atoms with van der Waals surface area (Å²) in [5.41, 5.74) is 0.417. The summed E-state index contributed by atoms with van der Waals surface area (Å²) >= 11 is 0. The van der Waals surface area contributed by atoms with Crippen molar-refractivity contribution in [1.82, 2.24) is 4.90 Å². The monoisotopic (exact) mass is 334 g/mol. The number of aliphatic carboxylic acids is 1. The summed E-state index contributed by atoms with van der Waals surface area (Å²) in [7, 11) is 0. The standard InChI is InChI=1S/C17H19FN2O4/c18-11-2-1-3-12(8-11)19-15(21)10-4-6-20(7-5-10)16(22)13-9-14(13)17(23)24/h1-3,8,10,13-14H,4-7,9H2,(H,19,21)(H,23,24). The minimum absolute atomic E-state index is 0.119. The van der Waals surface area contributed by atoms with Crippen LogP contribution >= 0.6 is 0 Å². The van der Waals surface area contributed by atoms with Crippen LogP contribution in [-0.2, 0) is 14.4 Å². The SMILES string of the molecule is O=C(Nc1cccc(F)c1)C1CCN(C(=O)C2CC2C(=O)O)CC1. The lowest BCUT2D eigenvalue weighted by atomic mass is 9.95. The number of carbonyl (C=O) groups excluding carboxylic acids is 2. The number of anilines is 1. The molecule has 2 fully saturated rings. The van der Waals surface area contributed by atoms with E-state index in [0.29, 0.717) is 38.0 Å². The molecule has 2 amide bonds. The van der Waals surface area contributed by atoms with E-state index in [1.54, 1.807) is 11.0 Å². The van der Waals surface area contributed by atoms with Crippen LogP contribution in [0.25, 0.3) is 0 Å². The molecule has 0 radical (unpaired) electrons. The molecule has 1 aromatic rings. The summed E-state index contributed by atoms with van der Waals surface area (Å²) in [4.78, 5) is 36.9. The summed E-state index contributed by atoms with van der Waals surface area (Å²) in [5.74, 6) is -2.81. The summed E-state index contributed by atoms with van der Waals surface area (Å²) in [5, 5.41) is 11.6. The van der Waals surface area contributed by atoms with E-state index in [0.717, 1.165) is 0 Å². The molecule has 3 rings (SSSR count). The fraction of sp³-hybridized carbons (Fsp3) is 0.471. The van der Waals surface area contributed by atoms with Gasteiger partial charge in [0, 0.05) is 24.7 Å². The topological polar surface area (TPSA) is 86.7 Å². The minimum atomic E-state index is -0.919. The number of nitrogens with one attached hydrogen (secondary N) is 1. The van der Waals surface area contributed by atoms with Crippen molar-refractivity contribution in [2.75, 3.05) is 18.4 Å². The first kappa shape index (κ1) is 16.4. The number of carboxylic acids is 1. The number of likely N-dealkylation sites (tertiary alicyclic amines) is 1. The second kappa shape index (κ2) is 6.59. The Balaban J connectivity index is 1.49. The Kier molecular flexibility index (Phi) is 4.51. The molecule has 1 aliphatic carbocycles. The van der Waals surface area contributed by atoms with Gasteiger partial charge in [-0.25, -0.2) is 4.39 Å². The molecule has 1 aliphatic heterocycles. The van der Waals surface area contributed by atoms with E-state index in [-0.39, 0.29) is 17.7 Å². The van der Waals surface area contributed by atoms with E-state index in [1.165, 1.54) is 18.2 Å². The molecule has 0 bridgehead atoms. The lowest BCUT2D eigenvalue weighted by Crippen LogP contribution is -2.42. The largest absolute Gasteiger partial charge is 0.481 e. The third kappa shape index (κ3) is 3.55. The van der Waals surface area contributed by atoms with E-state index in [1.807, 2.05) is 0 Å². The smallest absolute Gasteiger partial charge is 0.307 e. The third-order valence-electron chi connectivity index (χ3n) is 4.69. The maximum atomic E-state index is 13.1. The van der Waals surface area contributed by atoms with Gasteiger partial charge in [-0.2, -0.15) is 0 Å². The fourth-order valence-electron chi connectivity index (χ4n) is 3.15. The summed E-state index contributed by atoms with van der Waals surface area (Å²) < 4.78 is 13.1. The van der Waals surface area contributed by atoms with Gasteiger partial charge in [0.15, 0.2) is 0 Å². The molecule has 0 spiro atoms. The Labute approximate surface area is 138 Å². The molecule has 7 heteroatoms. The minimum Gasteiger partial charge on any atom is -0.481 e. The highest BCUT2D eigenvalue weighted by atomic mass is 19.1. The van der Waals surface area contributed by atoms with Gasteiger partial charge < -0.3 is 15.3 Å². The number of amides is 2. The molecule has 1 saturated heterocycles. The Bertz CT molecular complexity index is 670. The second-order valence-corrected chi connectivity index (χ2v) is 6.39. The summed E-state index contributed by atoms with van der Waals surface area (Å²) in [6, 6.07) is 5.72. The Morgan fingerprint density at radius 1 is 1.17 bits per heavy atom. The number of nitrogens with zero attached hydrogens (tertiary/aromatic N) is 1. The number of piperidine rings is 1. The summed E-state index contributed by atoms with van der Waals surface area (Å²) in [6.07, 6.45) is 1.46. The Hall–Kier alpha value is -2.44. The van der Waals surface area contributed by atoms with Crippen LogP contribution in [0.2, 0.25) is 0 Å². The van der Waals surface area contributed by atoms with Gasteiger partial charge in [-0.05, 0) is 37.5 Å². The molecule has 2 N–H and O–H groups in total. The normalized spacial score (nSPS) is 23.6. The maximum absolute atomic E-state index is 13.1. The van der Waals surface area contributed by atoms with Crippen molar-refractivity contribution in [3.05, 3.63) is 30.1 Å². The van der Waals surface area contributed by atoms with Crippen LogP contribution in [0, 0.1) is 23.6 Å². The fourth-order valence-corrected chi connectivity index (χ4v) is 3.15. The van der Waals surface area contributed by atoms with Gasteiger partial charge in [0.2, 0.25) is 11.8 Å². The van der Waals surface area contributed by atoms with Gasteiger partial charge in [-0.15, -0.1) is 0 Å². The molecule has 1 heterocycles. The van der Waals surface area contributed by atoms with Gasteiger partial charge in [0.25, 0.3) is 0 Å². The van der Waals surface area contributed by atoms with Crippen LogP contribution in [0.3, 0.4) is 0 Å². The first-order valence-electron chi connectivity index (χ1n) is 8.03. The van der Waals surface area contributed by atoms with Crippen molar-refractivity contribution in [3.8, 4) is 0 Å². The van der Waals surface area contributed by atoms with Crippen molar-refractivity contribution in [1.29, 1.82) is 0 Å². The Morgan fingerprint density at radius 2 is 1.88 bits per heavy atom. The van der Waals surface area contributed by atoms with Crippen LogP contribution in [-0.4, -0.2) is 40.9 Å². The van der Waals surface area contributed by atoms with Crippen LogP contribution in [0.1, 0.15) is 19.3 Å². The number of carbonyl (C=O) groups is 3. The van der Waals surface area contributed by atoms with E-state index < -0.39 is 23.6 Å². The quantitative estimate of drug-likeness (QED) is 0.878. The van der Waals surface area contributed by atoms with E-state index in [2.05, 4.69) is 5.32 Å². The van der Waals surface area contributed by atoms with Crippen LogP contribution in [0.15, 0.2) is 24.3 Å². The van der Waals surface area contributed by atoms with Crippen molar-refractivity contribution in [2.24, 2.45) is 17.8 Å². The molecular formula is C17H19FN2O4. The van der Waals surface area contributed by atoms with E-state index in [4.69, 9.17) is 5.11 Å². The molecule has 2 atom stereocenters. The molecule has 2 aliphatic rings. The van der Waals surface area contributed by atoms with Gasteiger partial charge >= 0.3 is 5.97 Å². The third-order valence-corrected chi connectivity index (χ3v) is 4.69. The number of benzene rings is 1. The lowest BCUT2D eigenvalue weighted by Gasteiger charge is -2.31. The second-order valence-electron chi connectivity index (χ2n) is 6.39. The van der Waals surface area contributed by atoms with Gasteiger partial charge in [0.1, 0.15) is 5.82 Å². The highest BCUT2D eigenvalue weighted by molar-refractivity contribution is 5.93. The van der Waals surface area contributed by atoms with Gasteiger partial charge in [-0.3, -0.25) is 14.4 Å². The number of carboxylic acid groups (broad SMARTS) is 1. The van der Waals surface area contributed by atoms with Crippen LogP contribution < -0.4 is 5.32 Å². The number of hydrogen-bond acceptors (Lipinski definition) is 3. The lowest BCUT2D eigenvalue weighted by molar-refractivity contribution is -0.142. The van der Waals surface area contributed by atoms with Gasteiger partial charge in [0.05, 0.1) is 11.8 Å². The molecule has 2 unspecified atom stereocenters.